The molecule has 76 valence electrons. The van der Waals surface area contributed by atoms with Crippen molar-refractivity contribution in [3.63, 3.8) is 0 Å². The SMILES string of the molecule is O=c1[nH]c([S-])nnc1Cc1ccccc1.[Na+]. The second-order valence-electron chi connectivity index (χ2n) is 3.07. The van der Waals surface area contributed by atoms with E-state index in [1.54, 1.807) is 0 Å². The maximum atomic E-state index is 11.4. The van der Waals surface area contributed by atoms with Crippen molar-refractivity contribution < 1.29 is 29.6 Å². The minimum absolute atomic E-state index is 0. The van der Waals surface area contributed by atoms with Crippen molar-refractivity contribution in [1.29, 1.82) is 0 Å². The van der Waals surface area contributed by atoms with Crippen molar-refractivity contribution >= 4 is 12.6 Å². The molecule has 6 heteroatoms. The van der Waals surface area contributed by atoms with Gasteiger partial charge in [-0.25, -0.2) is 0 Å². The van der Waals surface area contributed by atoms with E-state index in [4.69, 9.17) is 12.6 Å². The monoisotopic (exact) mass is 241 g/mol. The van der Waals surface area contributed by atoms with Gasteiger partial charge >= 0.3 is 29.6 Å². The Hall–Kier alpha value is -0.750. The molecule has 0 bridgehead atoms. The summed E-state index contributed by atoms with van der Waals surface area (Å²) in [6.07, 6.45) is 0.471. The molecule has 0 amide bonds. The normalized spacial score (nSPS) is 9.50. The van der Waals surface area contributed by atoms with E-state index in [1.165, 1.54) is 0 Å². The van der Waals surface area contributed by atoms with Crippen LogP contribution in [0.5, 0.6) is 0 Å². The summed E-state index contributed by atoms with van der Waals surface area (Å²) >= 11 is 4.69. The predicted octanol–water partition coefficient (Wildman–Crippen LogP) is -2.33. The van der Waals surface area contributed by atoms with Gasteiger partial charge < -0.3 is 17.6 Å². The van der Waals surface area contributed by atoms with Crippen molar-refractivity contribution in [1.82, 2.24) is 15.2 Å². The first kappa shape index (κ1) is 13.3. The van der Waals surface area contributed by atoms with Gasteiger partial charge in [-0.05, 0) is 5.56 Å². The summed E-state index contributed by atoms with van der Waals surface area (Å²) in [6, 6.07) is 9.62. The molecule has 2 rings (SSSR count). The van der Waals surface area contributed by atoms with E-state index < -0.39 is 0 Å². The largest absolute Gasteiger partial charge is 1.00 e. The standard InChI is InChI=1S/C10H9N3OS.Na/c14-9-8(12-13-10(15)11-9)6-7-4-2-1-3-5-7;/h1-5H,6H2,(H2,11,13,14,15);/q;+1/p-1. The van der Waals surface area contributed by atoms with E-state index in [2.05, 4.69) is 15.2 Å². The van der Waals surface area contributed by atoms with E-state index in [-0.39, 0.29) is 40.3 Å². The third kappa shape index (κ3) is 3.38. The Morgan fingerprint density at radius 1 is 1.19 bits per heavy atom. The first-order chi connectivity index (χ1) is 7.25. The van der Waals surface area contributed by atoms with Gasteiger partial charge in [0.25, 0.3) is 5.56 Å². The Morgan fingerprint density at radius 3 is 2.50 bits per heavy atom. The average Bonchev–Trinajstić information content (AvgIpc) is 2.24. The molecule has 0 saturated heterocycles. The molecule has 0 aliphatic heterocycles. The van der Waals surface area contributed by atoms with E-state index in [0.717, 1.165) is 5.56 Å². The topological polar surface area (TPSA) is 58.6 Å². The van der Waals surface area contributed by atoms with Gasteiger partial charge in [0.1, 0.15) is 5.69 Å². The molecule has 2 aromatic rings. The molecule has 1 N–H and O–H groups in total. The smallest absolute Gasteiger partial charge is 0.740 e. The minimum atomic E-state index is -0.265. The molecule has 0 aliphatic rings. The van der Waals surface area contributed by atoms with E-state index in [9.17, 15) is 4.79 Å². The fraction of sp³-hybridized carbons (Fsp3) is 0.100. The van der Waals surface area contributed by atoms with Crippen LogP contribution in [0.15, 0.2) is 40.3 Å². The van der Waals surface area contributed by atoms with Crippen LogP contribution in [0.4, 0.5) is 0 Å². The molecule has 0 atom stereocenters. The molecule has 0 saturated carbocycles. The Labute approximate surface area is 120 Å². The number of benzene rings is 1. The van der Waals surface area contributed by atoms with Crippen LogP contribution in [-0.2, 0) is 19.0 Å². The summed E-state index contributed by atoms with van der Waals surface area (Å²) in [5.74, 6) is 0. The summed E-state index contributed by atoms with van der Waals surface area (Å²) in [4.78, 5) is 13.9. The Bertz CT molecular complexity index is 515. The van der Waals surface area contributed by atoms with E-state index >= 15 is 0 Å². The molecule has 0 aliphatic carbocycles. The molecule has 0 spiro atoms. The van der Waals surface area contributed by atoms with Gasteiger partial charge in [0.05, 0.1) is 0 Å². The fourth-order valence-electron chi connectivity index (χ4n) is 1.25. The Morgan fingerprint density at radius 2 is 1.88 bits per heavy atom. The zero-order valence-corrected chi connectivity index (χ0v) is 11.6. The Kier molecular flexibility index (Phi) is 5.08. The Balaban J connectivity index is 0.00000128. The van der Waals surface area contributed by atoms with E-state index in [1.807, 2.05) is 30.3 Å². The molecular formula is C10H8N3NaOS. The summed E-state index contributed by atoms with van der Waals surface area (Å²) in [7, 11) is 0. The van der Waals surface area contributed by atoms with Crippen LogP contribution < -0.4 is 35.1 Å². The van der Waals surface area contributed by atoms with Crippen LogP contribution in [0, 0.1) is 0 Å². The fourth-order valence-corrected chi connectivity index (χ4v) is 1.38. The van der Waals surface area contributed by atoms with Crippen molar-refractivity contribution in [2.24, 2.45) is 0 Å². The number of aromatic nitrogens is 3. The third-order valence-corrected chi connectivity index (χ3v) is 2.14. The third-order valence-electron chi connectivity index (χ3n) is 1.96. The van der Waals surface area contributed by atoms with Crippen LogP contribution >= 0.6 is 0 Å². The molecule has 1 heterocycles. The predicted molar refractivity (Wildman–Crippen MR) is 57.5 cm³/mol. The first-order valence-electron chi connectivity index (χ1n) is 4.42. The number of H-pyrrole nitrogens is 1. The number of nitrogens with one attached hydrogen (secondary N) is 1. The maximum absolute atomic E-state index is 11.4. The van der Waals surface area contributed by atoms with Crippen LogP contribution in [0.25, 0.3) is 0 Å². The van der Waals surface area contributed by atoms with Gasteiger partial charge in [-0.1, -0.05) is 30.3 Å². The quantitative estimate of drug-likeness (QED) is 0.473. The van der Waals surface area contributed by atoms with Crippen molar-refractivity contribution in [2.75, 3.05) is 0 Å². The van der Waals surface area contributed by atoms with Gasteiger partial charge in [-0.2, -0.15) is 5.10 Å². The second-order valence-corrected chi connectivity index (χ2v) is 3.46. The molecule has 4 nitrogen and oxygen atoms in total. The van der Waals surface area contributed by atoms with Crippen molar-refractivity contribution in [2.45, 2.75) is 11.6 Å². The van der Waals surface area contributed by atoms with Crippen LogP contribution in [-0.4, -0.2) is 15.2 Å². The number of hydrogen-bond donors (Lipinski definition) is 1. The molecule has 1 aromatic carbocycles. The molecule has 0 radical (unpaired) electrons. The second kappa shape index (κ2) is 6.10. The minimum Gasteiger partial charge on any atom is -0.740 e. The van der Waals surface area contributed by atoms with Gasteiger partial charge in [-0.3, -0.25) is 4.79 Å². The number of rotatable bonds is 2. The molecular weight excluding hydrogens is 233 g/mol. The summed E-state index contributed by atoms with van der Waals surface area (Å²) in [5, 5.41) is 7.54. The van der Waals surface area contributed by atoms with Gasteiger partial charge in [0, 0.05) is 11.6 Å². The van der Waals surface area contributed by atoms with Gasteiger partial charge in [-0.15, -0.1) is 5.10 Å². The van der Waals surface area contributed by atoms with Gasteiger partial charge in [0.2, 0.25) is 0 Å². The van der Waals surface area contributed by atoms with Crippen LogP contribution in [0.3, 0.4) is 0 Å². The number of hydrogen-bond acceptors (Lipinski definition) is 4. The molecule has 0 fully saturated rings. The zero-order valence-electron chi connectivity index (χ0n) is 8.80. The molecule has 16 heavy (non-hydrogen) atoms. The summed E-state index contributed by atoms with van der Waals surface area (Å²) in [6.45, 7) is 0. The summed E-state index contributed by atoms with van der Waals surface area (Å²) < 4.78 is 0. The van der Waals surface area contributed by atoms with Crippen molar-refractivity contribution in [3.05, 3.63) is 51.9 Å². The van der Waals surface area contributed by atoms with Crippen molar-refractivity contribution in [3.8, 4) is 0 Å². The zero-order chi connectivity index (χ0) is 10.7. The van der Waals surface area contributed by atoms with E-state index in [0.29, 0.717) is 12.1 Å². The molecule has 0 unspecified atom stereocenters. The number of nitrogens with zero attached hydrogens (tertiary/aromatic N) is 2. The van der Waals surface area contributed by atoms with Gasteiger partial charge in [0.15, 0.2) is 0 Å². The maximum Gasteiger partial charge on any atom is 1.00 e. The average molecular weight is 241 g/mol. The molecule has 1 aromatic heterocycles. The first-order valence-corrected chi connectivity index (χ1v) is 4.83. The van der Waals surface area contributed by atoms with Crippen LogP contribution in [0.1, 0.15) is 11.3 Å². The van der Waals surface area contributed by atoms with Crippen LogP contribution in [0.2, 0.25) is 0 Å². The summed E-state index contributed by atoms with van der Waals surface area (Å²) in [5.41, 5.74) is 1.14. The number of aromatic amines is 1.